The van der Waals surface area contributed by atoms with Crippen molar-refractivity contribution in [1.82, 2.24) is 0 Å². The Morgan fingerprint density at radius 3 is 2.78 bits per heavy atom. The maximum absolute atomic E-state index is 12.7. The van der Waals surface area contributed by atoms with Crippen LogP contribution in [0, 0.1) is 0 Å². The minimum atomic E-state index is -1.13. The number of esters is 1. The van der Waals surface area contributed by atoms with Crippen LogP contribution in [0.4, 0.5) is 0 Å². The van der Waals surface area contributed by atoms with Gasteiger partial charge in [0.15, 0.2) is 6.10 Å². The highest BCUT2D eigenvalue weighted by Crippen LogP contribution is 2.41. The quantitative estimate of drug-likeness (QED) is 0.669. The number of fused-ring (bicyclic) bond motifs is 2. The van der Waals surface area contributed by atoms with Gasteiger partial charge < -0.3 is 24.8 Å². The Morgan fingerprint density at radius 1 is 1.39 bits per heavy atom. The Kier molecular flexibility index (Phi) is 3.67. The number of ether oxygens (including phenoxy) is 2. The molecule has 0 radical (unpaired) electrons. The molecule has 0 saturated heterocycles. The van der Waals surface area contributed by atoms with E-state index in [9.17, 15) is 24.9 Å². The van der Waals surface area contributed by atoms with Crippen LogP contribution in [0.5, 0.6) is 11.5 Å². The Balaban J connectivity index is 2.21. The molecule has 23 heavy (non-hydrogen) atoms. The number of aliphatic hydroxyl groups is 2. The van der Waals surface area contributed by atoms with E-state index in [4.69, 9.17) is 4.74 Å². The van der Waals surface area contributed by atoms with Gasteiger partial charge in [-0.15, -0.1) is 0 Å². The number of methoxy groups -OCH3 is 1. The third kappa shape index (κ3) is 2.30. The average molecular weight is 318 g/mol. The fraction of sp³-hybridized carbons (Fsp3) is 0.250. The first kappa shape index (κ1) is 15.3. The third-order valence-electron chi connectivity index (χ3n) is 3.80. The number of hydrogen-bond donors (Lipinski definition) is 3. The molecule has 1 aromatic carbocycles. The molecule has 0 saturated carbocycles. The molecule has 7 heteroatoms. The van der Waals surface area contributed by atoms with Crippen molar-refractivity contribution in [3.8, 4) is 11.5 Å². The second-order valence-electron chi connectivity index (χ2n) is 5.18. The molecule has 3 N–H and O–H groups in total. The highest BCUT2D eigenvalue weighted by Gasteiger charge is 2.42. The van der Waals surface area contributed by atoms with Crippen LogP contribution in [0.1, 0.15) is 15.9 Å². The van der Waals surface area contributed by atoms with Crippen molar-refractivity contribution in [1.29, 1.82) is 0 Å². The lowest BCUT2D eigenvalue weighted by Gasteiger charge is -2.33. The maximum Gasteiger partial charge on any atom is 0.338 e. The minimum absolute atomic E-state index is 0.0240. The number of carbonyl (C=O) groups is 2. The van der Waals surface area contributed by atoms with Gasteiger partial charge in [0.05, 0.1) is 24.9 Å². The van der Waals surface area contributed by atoms with Crippen LogP contribution in [-0.4, -0.2) is 46.4 Å². The van der Waals surface area contributed by atoms with Gasteiger partial charge in [-0.2, -0.15) is 0 Å². The van der Waals surface area contributed by atoms with Crippen molar-refractivity contribution in [3.63, 3.8) is 0 Å². The molecule has 1 aliphatic heterocycles. The number of phenols is 1. The first-order valence-corrected chi connectivity index (χ1v) is 6.84. The summed E-state index contributed by atoms with van der Waals surface area (Å²) in [6.45, 7) is -0.346. The molecule has 7 nitrogen and oxygen atoms in total. The summed E-state index contributed by atoms with van der Waals surface area (Å²) in [5.74, 6) is -1.68. The van der Waals surface area contributed by atoms with E-state index in [2.05, 4.69) is 4.74 Å². The van der Waals surface area contributed by atoms with Crippen molar-refractivity contribution < 1.29 is 34.4 Å². The highest BCUT2D eigenvalue weighted by atomic mass is 16.5. The van der Waals surface area contributed by atoms with Gasteiger partial charge in [0, 0.05) is 0 Å². The summed E-state index contributed by atoms with van der Waals surface area (Å²) in [5, 5.41) is 29.3. The summed E-state index contributed by atoms with van der Waals surface area (Å²) in [5.41, 5.74) is 0.156. The number of Topliss-reactive ketones (excluding diaryl/α,β-unsaturated/α-hetero) is 1. The normalized spacial score (nSPS) is 22.3. The zero-order valence-electron chi connectivity index (χ0n) is 12.1. The number of carbonyl (C=O) groups excluding carboxylic acids is 2. The summed E-state index contributed by atoms with van der Waals surface area (Å²) >= 11 is 0. The second-order valence-corrected chi connectivity index (χ2v) is 5.18. The van der Waals surface area contributed by atoms with Gasteiger partial charge in [-0.25, -0.2) is 4.79 Å². The van der Waals surface area contributed by atoms with E-state index in [0.29, 0.717) is 5.56 Å². The standard InChI is InChI=1S/C16H14O7/c1-22-16(21)8-2-3-9(18)15-12(8)14(20)13-10(19)4-7(6-17)5-11(13)23-15/h2-5,9,15,17-19H,6H2,1H3. The average Bonchev–Trinajstić information content (AvgIpc) is 2.54. The smallest absolute Gasteiger partial charge is 0.338 e. The van der Waals surface area contributed by atoms with Crippen LogP contribution < -0.4 is 4.74 Å². The van der Waals surface area contributed by atoms with Gasteiger partial charge in [-0.1, -0.05) is 6.08 Å². The molecule has 0 fully saturated rings. The Bertz CT molecular complexity index is 760. The summed E-state index contributed by atoms with van der Waals surface area (Å²) in [6.07, 6.45) is 0.417. The molecule has 3 rings (SSSR count). The molecule has 0 aromatic heterocycles. The van der Waals surface area contributed by atoms with E-state index in [-0.39, 0.29) is 34.8 Å². The largest absolute Gasteiger partial charge is 0.507 e. The second kappa shape index (κ2) is 5.53. The molecule has 1 aliphatic carbocycles. The van der Waals surface area contributed by atoms with Gasteiger partial charge in [-0.05, 0) is 23.8 Å². The summed E-state index contributed by atoms with van der Waals surface area (Å²) in [4.78, 5) is 24.6. The van der Waals surface area contributed by atoms with E-state index in [1.54, 1.807) is 0 Å². The van der Waals surface area contributed by atoms with Gasteiger partial charge in [0.1, 0.15) is 23.2 Å². The molecule has 0 spiro atoms. The van der Waals surface area contributed by atoms with Gasteiger partial charge in [0.25, 0.3) is 0 Å². The van der Waals surface area contributed by atoms with Crippen molar-refractivity contribution in [2.24, 2.45) is 0 Å². The molecule has 2 atom stereocenters. The van der Waals surface area contributed by atoms with E-state index in [1.807, 2.05) is 0 Å². The van der Waals surface area contributed by atoms with E-state index < -0.39 is 24.0 Å². The third-order valence-corrected chi connectivity index (χ3v) is 3.80. The summed E-state index contributed by atoms with van der Waals surface area (Å²) in [6, 6.07) is 2.65. The molecule has 1 aromatic rings. The monoisotopic (exact) mass is 318 g/mol. The SMILES string of the molecule is COC(=O)C1=C2C(=O)c3c(O)cc(CO)cc3OC2C(O)C=C1. The lowest BCUT2D eigenvalue weighted by Crippen LogP contribution is -2.42. The Morgan fingerprint density at radius 2 is 2.13 bits per heavy atom. The van der Waals surface area contributed by atoms with E-state index >= 15 is 0 Å². The topological polar surface area (TPSA) is 113 Å². The van der Waals surface area contributed by atoms with E-state index in [1.165, 1.54) is 31.4 Å². The molecule has 2 aliphatic rings. The number of rotatable bonds is 2. The fourth-order valence-electron chi connectivity index (χ4n) is 2.72. The van der Waals surface area contributed by atoms with Crippen molar-refractivity contribution >= 4 is 11.8 Å². The maximum atomic E-state index is 12.7. The van der Waals surface area contributed by atoms with Gasteiger partial charge in [0.2, 0.25) is 5.78 Å². The lowest BCUT2D eigenvalue weighted by atomic mass is 9.84. The van der Waals surface area contributed by atoms with Crippen LogP contribution in [0.15, 0.2) is 35.4 Å². The molecule has 0 bridgehead atoms. The predicted molar refractivity (Wildman–Crippen MR) is 77.0 cm³/mol. The number of hydrogen-bond acceptors (Lipinski definition) is 7. The molecular formula is C16H14O7. The summed E-state index contributed by atoms with van der Waals surface area (Å²) < 4.78 is 10.3. The number of phenolic OH excluding ortho intramolecular Hbond substituents is 1. The molecule has 0 amide bonds. The first-order chi connectivity index (χ1) is 11.0. The van der Waals surface area contributed by atoms with Crippen molar-refractivity contribution in [3.05, 3.63) is 46.6 Å². The van der Waals surface area contributed by atoms with Gasteiger partial charge in [-0.3, -0.25) is 4.79 Å². The number of aliphatic hydroxyl groups excluding tert-OH is 2. The number of aromatic hydroxyl groups is 1. The van der Waals surface area contributed by atoms with E-state index in [0.717, 1.165) is 0 Å². The van der Waals surface area contributed by atoms with Gasteiger partial charge >= 0.3 is 5.97 Å². The highest BCUT2D eigenvalue weighted by molar-refractivity contribution is 6.18. The number of ketones is 1. The van der Waals surface area contributed by atoms with Crippen LogP contribution in [0.25, 0.3) is 0 Å². The first-order valence-electron chi connectivity index (χ1n) is 6.84. The fourth-order valence-corrected chi connectivity index (χ4v) is 2.72. The van der Waals surface area contributed by atoms with Crippen LogP contribution >= 0.6 is 0 Å². The lowest BCUT2D eigenvalue weighted by molar-refractivity contribution is -0.135. The minimum Gasteiger partial charge on any atom is -0.507 e. The van der Waals surface area contributed by atoms with Crippen LogP contribution in [0.3, 0.4) is 0 Å². The van der Waals surface area contributed by atoms with Crippen LogP contribution in [0.2, 0.25) is 0 Å². The molecule has 120 valence electrons. The molecular weight excluding hydrogens is 304 g/mol. The Hall–Kier alpha value is -2.64. The molecule has 2 unspecified atom stereocenters. The predicted octanol–water partition coefficient (Wildman–Crippen LogP) is 0.228. The van der Waals surface area contributed by atoms with Crippen molar-refractivity contribution in [2.75, 3.05) is 7.11 Å². The molecule has 1 heterocycles. The number of benzene rings is 1. The summed E-state index contributed by atoms with van der Waals surface area (Å²) in [7, 11) is 1.18. The zero-order chi connectivity index (χ0) is 16.7. The Labute approximate surface area is 131 Å². The van der Waals surface area contributed by atoms with Crippen molar-refractivity contribution in [2.45, 2.75) is 18.8 Å². The zero-order valence-corrected chi connectivity index (χ0v) is 12.1. The van der Waals surface area contributed by atoms with Crippen LogP contribution in [-0.2, 0) is 16.1 Å².